The van der Waals surface area contributed by atoms with Crippen molar-refractivity contribution in [3.8, 4) is 0 Å². The van der Waals surface area contributed by atoms with Crippen LogP contribution in [0, 0.1) is 13.1 Å². The summed E-state index contributed by atoms with van der Waals surface area (Å²) in [6, 6.07) is 20.0. The van der Waals surface area contributed by atoms with Gasteiger partial charge in [-0.05, 0) is 0 Å². The van der Waals surface area contributed by atoms with Crippen molar-refractivity contribution in [3.63, 3.8) is 0 Å². The quantitative estimate of drug-likeness (QED) is 0.368. The molecule has 0 atom stereocenters. The first kappa shape index (κ1) is 25.9. The molecule has 0 bridgehead atoms. The van der Waals surface area contributed by atoms with Gasteiger partial charge in [-0.2, -0.15) is 36.4 Å². The fourth-order valence-electron chi connectivity index (χ4n) is 0.642. The third-order valence-corrected chi connectivity index (χ3v) is 1.11. The number of hydrogen-bond donors (Lipinski definition) is 0. The van der Waals surface area contributed by atoms with E-state index in [-0.39, 0.29) is 26.2 Å². The first-order valence-electron chi connectivity index (χ1n) is 7.04. The molecule has 0 nitrogen and oxygen atoms in total. The van der Waals surface area contributed by atoms with Gasteiger partial charge in [-0.25, -0.2) is 24.3 Å². The summed E-state index contributed by atoms with van der Waals surface area (Å²) in [5.41, 5.74) is 0. The van der Waals surface area contributed by atoms with Gasteiger partial charge in [0, 0.05) is 0 Å². The van der Waals surface area contributed by atoms with Crippen molar-refractivity contribution in [1.29, 1.82) is 0 Å². The third kappa shape index (κ3) is 64.8. The van der Waals surface area contributed by atoms with E-state index < -0.39 is 16.1 Å². The minimum absolute atomic E-state index is 0. The molecule has 0 heterocycles. The third-order valence-electron chi connectivity index (χ3n) is 1.11. The molecule has 0 N–H and O–H groups in total. The van der Waals surface area contributed by atoms with E-state index in [1.807, 2.05) is 60.7 Å². The molecule has 2 rings (SSSR count). The van der Waals surface area contributed by atoms with Crippen molar-refractivity contribution in [2.45, 2.75) is 39.3 Å². The van der Waals surface area contributed by atoms with Crippen LogP contribution in [0.1, 0.15) is 0 Å². The topological polar surface area (TPSA) is 0 Å². The number of hydrogen-bond acceptors (Lipinski definition) is 0. The van der Waals surface area contributed by atoms with Crippen LogP contribution in [-0.4, -0.2) is 16.1 Å². The molecule has 116 valence electrons. The molecule has 3 heteroatoms. The van der Waals surface area contributed by atoms with Crippen molar-refractivity contribution < 1.29 is 26.2 Å². The molecule has 21 heavy (non-hydrogen) atoms. The molecule has 0 radical (unpaired) electrons. The second kappa shape index (κ2) is 14.9. The maximum Gasteiger partial charge on any atom is 4.00 e. The van der Waals surface area contributed by atoms with Crippen molar-refractivity contribution in [2.75, 3.05) is 0 Å². The Morgan fingerprint density at radius 1 is 0.571 bits per heavy atom. The van der Waals surface area contributed by atoms with Crippen LogP contribution in [0.4, 0.5) is 0 Å². The molecule has 0 amide bonds. The zero-order chi connectivity index (χ0) is 16.1. The predicted molar refractivity (Wildman–Crippen MR) is 101 cm³/mol. The Balaban J connectivity index is -0.000000202. The molecule has 2 aromatic rings. The Morgan fingerprint density at radius 3 is 0.762 bits per heavy atom. The Bertz CT molecular complexity index is 266. The fraction of sp³-hybridized carbons (Fsp3) is 0.333. The van der Waals surface area contributed by atoms with Gasteiger partial charge in [-0.15, -0.1) is 16.1 Å². The van der Waals surface area contributed by atoms with Gasteiger partial charge in [-0.1, -0.05) is 39.3 Å². The van der Waals surface area contributed by atoms with E-state index in [2.05, 4.69) is 52.4 Å². The van der Waals surface area contributed by atoms with Crippen LogP contribution in [0.15, 0.2) is 60.7 Å². The van der Waals surface area contributed by atoms with Crippen LogP contribution in [0.3, 0.4) is 0 Å². The first-order chi connectivity index (χ1) is 9.00. The SMILES string of the molecule is [CH2-][Si](C)(C)C.[CH2-][Si](C)(C)C.[Zr+4].c1cc[cH-]c1.c1cc[cH-]c1. The summed E-state index contributed by atoms with van der Waals surface area (Å²) in [5, 5.41) is 0. The van der Waals surface area contributed by atoms with E-state index >= 15 is 0 Å². The summed E-state index contributed by atoms with van der Waals surface area (Å²) < 4.78 is 0. The monoisotopic (exact) mass is 394 g/mol. The molecule has 0 saturated carbocycles. The molecular formula is C18H32Si2Zr. The van der Waals surface area contributed by atoms with Gasteiger partial charge in [0.2, 0.25) is 0 Å². The predicted octanol–water partition coefficient (Wildman–Crippen LogP) is 6.20. The summed E-state index contributed by atoms with van der Waals surface area (Å²) in [6.07, 6.45) is 0. The zero-order valence-corrected chi connectivity index (χ0v) is 19.1. The molecule has 0 aliphatic rings. The van der Waals surface area contributed by atoms with Crippen LogP contribution in [0.25, 0.3) is 0 Å². The molecular weight excluding hydrogens is 364 g/mol. The van der Waals surface area contributed by atoms with Crippen LogP contribution < -0.4 is 0 Å². The van der Waals surface area contributed by atoms with Crippen molar-refractivity contribution in [2.24, 2.45) is 0 Å². The molecule has 2 aromatic carbocycles. The minimum atomic E-state index is -0.861. The van der Waals surface area contributed by atoms with E-state index in [4.69, 9.17) is 0 Å². The maximum atomic E-state index is 3.91. The molecule has 0 fully saturated rings. The van der Waals surface area contributed by atoms with Gasteiger partial charge < -0.3 is 13.1 Å². The maximum absolute atomic E-state index is 3.91. The summed E-state index contributed by atoms with van der Waals surface area (Å²) in [7, 11) is -1.72. The second-order valence-electron chi connectivity index (χ2n) is 7.05. The van der Waals surface area contributed by atoms with E-state index in [0.717, 1.165) is 0 Å². The average Bonchev–Trinajstić information content (AvgIpc) is 2.92. The van der Waals surface area contributed by atoms with Crippen LogP contribution in [0.5, 0.6) is 0 Å². The summed E-state index contributed by atoms with van der Waals surface area (Å²) in [4.78, 5) is 0. The standard InChI is InChI=1S/2C5H5.2C4H11Si.Zr/c2*1-2-4-5-3-1;2*1-5(2,3)4;/h2*1-5H;2*1H2,2-4H3;/q4*-1;+4. The van der Waals surface area contributed by atoms with Gasteiger partial charge in [0.05, 0.1) is 0 Å². The normalized spacial score (nSPS) is 9.52. The van der Waals surface area contributed by atoms with Crippen LogP contribution >= 0.6 is 0 Å². The fourth-order valence-corrected chi connectivity index (χ4v) is 0.642. The van der Waals surface area contributed by atoms with Gasteiger partial charge in [-0.3, -0.25) is 0 Å². The Labute approximate surface area is 154 Å². The van der Waals surface area contributed by atoms with E-state index in [0.29, 0.717) is 0 Å². The molecule has 0 unspecified atom stereocenters. The minimum Gasteiger partial charge on any atom is -0.342 e. The van der Waals surface area contributed by atoms with Crippen molar-refractivity contribution >= 4 is 16.1 Å². The molecule has 0 aliphatic carbocycles. The van der Waals surface area contributed by atoms with Crippen molar-refractivity contribution in [3.05, 3.63) is 73.8 Å². The molecule has 0 spiro atoms. The van der Waals surface area contributed by atoms with Gasteiger partial charge in [0.1, 0.15) is 0 Å². The van der Waals surface area contributed by atoms with Gasteiger partial charge in [0.15, 0.2) is 0 Å². The smallest absolute Gasteiger partial charge is 0.342 e. The second-order valence-corrected chi connectivity index (χ2v) is 17.3. The molecule has 0 aromatic heterocycles. The zero-order valence-electron chi connectivity index (χ0n) is 14.7. The first-order valence-corrected chi connectivity index (χ1v) is 14.5. The van der Waals surface area contributed by atoms with Gasteiger partial charge in [0.25, 0.3) is 0 Å². The molecule has 0 saturated heterocycles. The van der Waals surface area contributed by atoms with E-state index in [9.17, 15) is 0 Å². The molecule has 0 aliphatic heterocycles. The number of rotatable bonds is 0. The van der Waals surface area contributed by atoms with Crippen LogP contribution in [0.2, 0.25) is 39.3 Å². The largest absolute Gasteiger partial charge is 4.00 e. The summed E-state index contributed by atoms with van der Waals surface area (Å²) in [6.45, 7) is 21.1. The van der Waals surface area contributed by atoms with Crippen LogP contribution in [-0.2, 0) is 26.2 Å². The average molecular weight is 396 g/mol. The summed E-state index contributed by atoms with van der Waals surface area (Å²) in [5.74, 6) is 0. The van der Waals surface area contributed by atoms with E-state index in [1.165, 1.54) is 0 Å². The summed E-state index contributed by atoms with van der Waals surface area (Å²) >= 11 is 0. The van der Waals surface area contributed by atoms with Gasteiger partial charge >= 0.3 is 26.2 Å². The Kier molecular flexibility index (Phi) is 18.4. The Hall–Kier alpha value is 0.0169. The van der Waals surface area contributed by atoms with E-state index in [1.54, 1.807) is 0 Å². The Morgan fingerprint density at radius 2 is 0.714 bits per heavy atom. The van der Waals surface area contributed by atoms with Crippen molar-refractivity contribution in [1.82, 2.24) is 0 Å².